The Bertz CT molecular complexity index is 900. The van der Waals surface area contributed by atoms with Crippen LogP contribution in [0.2, 0.25) is 0 Å². The SMILES string of the molecule is CCn1nc(C(=O)NNC(=O)CCCC2CCCCC2)c2ccccc2c1=O. The van der Waals surface area contributed by atoms with E-state index in [2.05, 4.69) is 16.0 Å². The molecule has 1 saturated carbocycles. The van der Waals surface area contributed by atoms with Crippen LogP contribution in [0.25, 0.3) is 10.8 Å². The standard InChI is InChI=1S/C21H28N4O3/c1-2-25-21(28)17-13-7-6-12-16(17)19(24-25)20(27)23-22-18(26)14-8-11-15-9-4-3-5-10-15/h6-7,12-13,15H,2-5,8-11,14H2,1H3,(H,22,26)(H,23,27). The van der Waals surface area contributed by atoms with Crippen LogP contribution in [-0.4, -0.2) is 21.6 Å². The number of nitrogens with zero attached hydrogens (tertiary/aromatic N) is 2. The first-order chi connectivity index (χ1) is 13.6. The van der Waals surface area contributed by atoms with Crippen molar-refractivity contribution in [2.75, 3.05) is 0 Å². The Morgan fingerprint density at radius 1 is 1.11 bits per heavy atom. The monoisotopic (exact) mass is 384 g/mol. The largest absolute Gasteiger partial charge is 0.290 e. The number of hydrogen-bond donors (Lipinski definition) is 2. The van der Waals surface area contributed by atoms with Gasteiger partial charge in [-0.25, -0.2) is 4.68 Å². The third kappa shape index (κ3) is 4.77. The van der Waals surface area contributed by atoms with E-state index in [-0.39, 0.29) is 17.2 Å². The highest BCUT2D eigenvalue weighted by Crippen LogP contribution is 2.27. The summed E-state index contributed by atoms with van der Waals surface area (Å²) < 4.78 is 1.25. The summed E-state index contributed by atoms with van der Waals surface area (Å²) >= 11 is 0. The van der Waals surface area contributed by atoms with Crippen molar-refractivity contribution < 1.29 is 9.59 Å². The van der Waals surface area contributed by atoms with E-state index in [0.717, 1.165) is 18.8 Å². The molecule has 0 aliphatic heterocycles. The van der Waals surface area contributed by atoms with Crippen LogP contribution in [0.15, 0.2) is 29.1 Å². The van der Waals surface area contributed by atoms with Gasteiger partial charge >= 0.3 is 0 Å². The Kier molecular flexibility index (Phi) is 6.79. The van der Waals surface area contributed by atoms with E-state index in [4.69, 9.17) is 0 Å². The Morgan fingerprint density at radius 2 is 1.82 bits per heavy atom. The molecular weight excluding hydrogens is 356 g/mol. The summed E-state index contributed by atoms with van der Waals surface area (Å²) in [4.78, 5) is 37.0. The van der Waals surface area contributed by atoms with Crippen molar-refractivity contribution in [1.29, 1.82) is 0 Å². The lowest BCUT2D eigenvalue weighted by Gasteiger charge is -2.21. The molecule has 1 aliphatic rings. The maximum absolute atomic E-state index is 12.6. The number of carbonyl (C=O) groups is 2. The summed E-state index contributed by atoms with van der Waals surface area (Å²) in [5, 5.41) is 5.07. The van der Waals surface area contributed by atoms with Crippen molar-refractivity contribution >= 4 is 22.6 Å². The number of benzene rings is 1. The molecule has 0 radical (unpaired) electrons. The van der Waals surface area contributed by atoms with Crippen molar-refractivity contribution in [2.45, 2.75) is 64.8 Å². The number of carbonyl (C=O) groups excluding carboxylic acids is 2. The van der Waals surface area contributed by atoms with Gasteiger partial charge in [0.2, 0.25) is 5.91 Å². The molecule has 1 heterocycles. The molecule has 2 N–H and O–H groups in total. The number of fused-ring (bicyclic) bond motifs is 1. The summed E-state index contributed by atoms with van der Waals surface area (Å²) in [7, 11) is 0. The van der Waals surface area contributed by atoms with Crippen molar-refractivity contribution in [3.05, 3.63) is 40.3 Å². The first kappa shape index (κ1) is 20.0. The molecule has 7 heteroatoms. The molecule has 2 aromatic rings. The quantitative estimate of drug-likeness (QED) is 0.749. The molecule has 0 bridgehead atoms. The molecule has 7 nitrogen and oxygen atoms in total. The number of hydrogen-bond acceptors (Lipinski definition) is 4. The van der Waals surface area contributed by atoms with Gasteiger partial charge in [0.15, 0.2) is 5.69 Å². The molecule has 1 aliphatic carbocycles. The number of rotatable bonds is 6. The van der Waals surface area contributed by atoms with E-state index < -0.39 is 5.91 Å². The predicted molar refractivity (Wildman–Crippen MR) is 108 cm³/mol. The fourth-order valence-corrected chi connectivity index (χ4v) is 3.89. The van der Waals surface area contributed by atoms with Crippen molar-refractivity contribution in [2.24, 2.45) is 5.92 Å². The highest BCUT2D eigenvalue weighted by atomic mass is 16.2. The number of aryl methyl sites for hydroxylation is 1. The van der Waals surface area contributed by atoms with Gasteiger partial charge in [-0.15, -0.1) is 0 Å². The molecule has 0 atom stereocenters. The fourth-order valence-electron chi connectivity index (χ4n) is 3.89. The number of amides is 2. The highest BCUT2D eigenvalue weighted by molar-refractivity contribution is 6.05. The van der Waals surface area contributed by atoms with Crippen molar-refractivity contribution in [3.8, 4) is 0 Å². The Morgan fingerprint density at radius 3 is 2.54 bits per heavy atom. The normalized spacial score (nSPS) is 14.8. The second kappa shape index (κ2) is 9.48. The molecule has 150 valence electrons. The maximum Gasteiger partial charge on any atom is 0.290 e. The second-order valence-corrected chi connectivity index (χ2v) is 7.41. The Balaban J connectivity index is 1.58. The molecule has 3 rings (SSSR count). The maximum atomic E-state index is 12.6. The molecule has 0 spiro atoms. The van der Waals surface area contributed by atoms with Gasteiger partial charge < -0.3 is 0 Å². The van der Waals surface area contributed by atoms with Crippen LogP contribution in [0.5, 0.6) is 0 Å². The third-order valence-electron chi connectivity index (χ3n) is 5.44. The van der Waals surface area contributed by atoms with Crippen molar-refractivity contribution in [1.82, 2.24) is 20.6 Å². The van der Waals surface area contributed by atoms with Crippen LogP contribution < -0.4 is 16.4 Å². The van der Waals surface area contributed by atoms with Gasteiger partial charge in [-0.05, 0) is 31.7 Å². The van der Waals surface area contributed by atoms with Crippen LogP contribution in [-0.2, 0) is 11.3 Å². The van der Waals surface area contributed by atoms with E-state index >= 15 is 0 Å². The molecular formula is C21H28N4O3. The minimum absolute atomic E-state index is 0.125. The van der Waals surface area contributed by atoms with Gasteiger partial charge in [-0.1, -0.05) is 50.3 Å². The summed E-state index contributed by atoms with van der Waals surface area (Å²) in [5.41, 5.74) is 4.79. The average molecular weight is 384 g/mol. The lowest BCUT2D eigenvalue weighted by Crippen LogP contribution is -2.42. The van der Waals surface area contributed by atoms with E-state index in [9.17, 15) is 14.4 Å². The predicted octanol–water partition coefficient (Wildman–Crippen LogP) is 2.93. The molecule has 1 fully saturated rings. The lowest BCUT2D eigenvalue weighted by atomic mass is 9.86. The molecule has 28 heavy (non-hydrogen) atoms. The fraction of sp³-hybridized carbons (Fsp3) is 0.524. The Hall–Kier alpha value is -2.70. The van der Waals surface area contributed by atoms with E-state index in [0.29, 0.717) is 23.7 Å². The van der Waals surface area contributed by atoms with Gasteiger partial charge in [0.05, 0.1) is 5.39 Å². The zero-order valence-electron chi connectivity index (χ0n) is 16.4. The third-order valence-corrected chi connectivity index (χ3v) is 5.44. The van der Waals surface area contributed by atoms with E-state index in [1.807, 2.05) is 0 Å². The zero-order chi connectivity index (χ0) is 19.9. The minimum atomic E-state index is -0.529. The van der Waals surface area contributed by atoms with Gasteiger partial charge in [0.1, 0.15) is 0 Å². The zero-order valence-corrected chi connectivity index (χ0v) is 16.4. The van der Waals surface area contributed by atoms with Gasteiger partial charge in [0.25, 0.3) is 11.5 Å². The van der Waals surface area contributed by atoms with Crippen molar-refractivity contribution in [3.63, 3.8) is 0 Å². The molecule has 0 saturated heterocycles. The van der Waals surface area contributed by atoms with E-state index in [1.165, 1.54) is 36.8 Å². The van der Waals surface area contributed by atoms with Crippen LogP contribution in [0.1, 0.15) is 68.8 Å². The highest BCUT2D eigenvalue weighted by Gasteiger charge is 2.17. The molecule has 1 aromatic heterocycles. The van der Waals surface area contributed by atoms with Crippen LogP contribution in [0, 0.1) is 5.92 Å². The number of hydrazine groups is 1. The number of nitrogens with one attached hydrogen (secondary N) is 2. The van der Waals surface area contributed by atoms with Crippen LogP contribution in [0.4, 0.5) is 0 Å². The van der Waals surface area contributed by atoms with Gasteiger partial charge in [0, 0.05) is 18.4 Å². The summed E-state index contributed by atoms with van der Waals surface area (Å²) in [6.07, 6.45) is 8.75. The molecule has 2 amide bonds. The van der Waals surface area contributed by atoms with Gasteiger partial charge in [-0.3, -0.25) is 25.2 Å². The lowest BCUT2D eigenvalue weighted by molar-refractivity contribution is -0.122. The topological polar surface area (TPSA) is 93.1 Å². The summed E-state index contributed by atoms with van der Waals surface area (Å²) in [5.74, 6) is -0.00175. The molecule has 1 aromatic carbocycles. The van der Waals surface area contributed by atoms with Crippen LogP contribution >= 0.6 is 0 Å². The second-order valence-electron chi connectivity index (χ2n) is 7.41. The van der Waals surface area contributed by atoms with Gasteiger partial charge in [-0.2, -0.15) is 5.10 Å². The minimum Gasteiger partial charge on any atom is -0.273 e. The first-order valence-corrected chi connectivity index (χ1v) is 10.2. The Labute approximate surface area is 164 Å². The smallest absolute Gasteiger partial charge is 0.273 e. The number of aromatic nitrogens is 2. The summed E-state index contributed by atoms with van der Waals surface area (Å²) in [6.45, 7) is 2.15. The summed E-state index contributed by atoms with van der Waals surface area (Å²) in [6, 6.07) is 6.86. The molecule has 0 unspecified atom stereocenters. The van der Waals surface area contributed by atoms with Crippen LogP contribution in [0.3, 0.4) is 0 Å². The van der Waals surface area contributed by atoms with E-state index in [1.54, 1.807) is 31.2 Å². The first-order valence-electron chi connectivity index (χ1n) is 10.2. The average Bonchev–Trinajstić information content (AvgIpc) is 2.73.